The first kappa shape index (κ1) is 15.5. The first-order valence-electron chi connectivity index (χ1n) is 7.21. The molecule has 23 heavy (non-hydrogen) atoms. The fourth-order valence-corrected chi connectivity index (χ4v) is 3.08. The lowest BCUT2D eigenvalue weighted by Gasteiger charge is -2.29. The van der Waals surface area contributed by atoms with E-state index in [1.807, 2.05) is 6.92 Å². The second-order valence-electron chi connectivity index (χ2n) is 5.29. The highest BCUT2D eigenvalue weighted by Crippen LogP contribution is 2.34. The zero-order valence-electron chi connectivity index (χ0n) is 12.9. The Labute approximate surface area is 134 Å². The van der Waals surface area contributed by atoms with Gasteiger partial charge in [0.15, 0.2) is 9.84 Å². The van der Waals surface area contributed by atoms with Crippen LogP contribution in [0.1, 0.15) is 17.3 Å². The summed E-state index contributed by atoms with van der Waals surface area (Å²) in [6.45, 7) is 3.32. The SMILES string of the molecule is CCn1cc(C(=O)N2CCOc3ccc(S(C)(=O)=O)cc32)cn1. The van der Waals surface area contributed by atoms with Crippen LogP contribution in [0, 0.1) is 0 Å². The van der Waals surface area contributed by atoms with Gasteiger partial charge in [-0.1, -0.05) is 0 Å². The molecule has 0 N–H and O–H groups in total. The molecule has 1 amide bonds. The number of amides is 1. The molecule has 0 saturated heterocycles. The van der Waals surface area contributed by atoms with Crippen molar-refractivity contribution in [3.05, 3.63) is 36.2 Å². The quantitative estimate of drug-likeness (QED) is 0.845. The van der Waals surface area contributed by atoms with Crippen LogP contribution in [-0.2, 0) is 16.4 Å². The zero-order valence-corrected chi connectivity index (χ0v) is 13.7. The van der Waals surface area contributed by atoms with Gasteiger partial charge in [0.1, 0.15) is 12.4 Å². The third kappa shape index (κ3) is 2.94. The van der Waals surface area contributed by atoms with Crippen LogP contribution in [0.4, 0.5) is 5.69 Å². The lowest BCUT2D eigenvalue weighted by Crippen LogP contribution is -2.38. The number of sulfone groups is 1. The van der Waals surface area contributed by atoms with Crippen molar-refractivity contribution in [1.82, 2.24) is 9.78 Å². The van der Waals surface area contributed by atoms with Gasteiger partial charge < -0.3 is 9.64 Å². The normalized spacial score (nSPS) is 14.3. The molecule has 2 heterocycles. The van der Waals surface area contributed by atoms with Gasteiger partial charge >= 0.3 is 0 Å². The monoisotopic (exact) mass is 335 g/mol. The third-order valence-electron chi connectivity index (χ3n) is 3.67. The summed E-state index contributed by atoms with van der Waals surface area (Å²) in [6, 6.07) is 4.55. The molecule has 1 aliphatic rings. The molecule has 2 aromatic rings. The van der Waals surface area contributed by atoms with Crippen LogP contribution in [0.2, 0.25) is 0 Å². The van der Waals surface area contributed by atoms with Gasteiger partial charge in [-0.15, -0.1) is 0 Å². The molecule has 0 bridgehead atoms. The first-order chi connectivity index (χ1) is 10.9. The topological polar surface area (TPSA) is 81.5 Å². The van der Waals surface area contributed by atoms with Crippen LogP contribution < -0.4 is 9.64 Å². The smallest absolute Gasteiger partial charge is 0.261 e. The van der Waals surface area contributed by atoms with Crippen LogP contribution in [0.15, 0.2) is 35.5 Å². The number of anilines is 1. The maximum atomic E-state index is 12.7. The Hall–Kier alpha value is -2.35. The Kier molecular flexibility index (Phi) is 3.85. The highest BCUT2D eigenvalue weighted by atomic mass is 32.2. The van der Waals surface area contributed by atoms with E-state index in [1.165, 1.54) is 23.2 Å². The molecule has 8 heteroatoms. The van der Waals surface area contributed by atoms with E-state index < -0.39 is 9.84 Å². The molecule has 0 fully saturated rings. The maximum absolute atomic E-state index is 12.7. The third-order valence-corrected chi connectivity index (χ3v) is 4.78. The molecule has 0 saturated carbocycles. The van der Waals surface area contributed by atoms with Gasteiger partial charge in [0.05, 0.1) is 28.9 Å². The predicted molar refractivity (Wildman–Crippen MR) is 84.6 cm³/mol. The highest BCUT2D eigenvalue weighted by Gasteiger charge is 2.27. The fraction of sp³-hybridized carbons (Fsp3) is 0.333. The second-order valence-corrected chi connectivity index (χ2v) is 7.31. The Morgan fingerprint density at radius 3 is 2.83 bits per heavy atom. The molecule has 3 rings (SSSR count). The molecule has 122 valence electrons. The zero-order chi connectivity index (χ0) is 16.6. The largest absolute Gasteiger partial charge is 0.490 e. The van der Waals surface area contributed by atoms with E-state index in [0.29, 0.717) is 36.7 Å². The van der Waals surface area contributed by atoms with Crippen molar-refractivity contribution in [2.75, 3.05) is 24.3 Å². The number of carbonyl (C=O) groups is 1. The van der Waals surface area contributed by atoms with Gasteiger partial charge in [-0.25, -0.2) is 8.42 Å². The minimum absolute atomic E-state index is 0.156. The molecule has 1 aromatic heterocycles. The van der Waals surface area contributed by atoms with Crippen molar-refractivity contribution in [2.24, 2.45) is 0 Å². The standard InChI is InChI=1S/C15H17N3O4S/c1-3-17-10-11(9-16-17)15(19)18-6-7-22-14-5-4-12(8-13(14)18)23(2,20)21/h4-5,8-10H,3,6-7H2,1-2H3. The number of fused-ring (bicyclic) bond motifs is 1. The average molecular weight is 335 g/mol. The summed E-state index contributed by atoms with van der Waals surface area (Å²) in [4.78, 5) is 14.4. The number of carbonyl (C=O) groups excluding carboxylic acids is 1. The van der Waals surface area contributed by atoms with E-state index in [1.54, 1.807) is 16.9 Å². The lowest BCUT2D eigenvalue weighted by atomic mass is 10.2. The summed E-state index contributed by atoms with van der Waals surface area (Å²) in [6.07, 6.45) is 4.33. The summed E-state index contributed by atoms with van der Waals surface area (Å²) in [5.74, 6) is 0.278. The first-order valence-corrected chi connectivity index (χ1v) is 9.10. The molecule has 1 aromatic carbocycles. The van der Waals surface area contributed by atoms with Crippen LogP contribution >= 0.6 is 0 Å². The van der Waals surface area contributed by atoms with E-state index in [4.69, 9.17) is 4.74 Å². The molecule has 0 radical (unpaired) electrons. The number of hydrogen-bond acceptors (Lipinski definition) is 5. The molecule has 0 aliphatic carbocycles. The molecule has 0 spiro atoms. The van der Waals surface area contributed by atoms with Gasteiger partial charge in [-0.05, 0) is 25.1 Å². The van der Waals surface area contributed by atoms with Gasteiger partial charge in [0, 0.05) is 19.0 Å². The highest BCUT2D eigenvalue weighted by molar-refractivity contribution is 7.90. The number of rotatable bonds is 3. The minimum Gasteiger partial charge on any atom is -0.490 e. The van der Waals surface area contributed by atoms with Crippen LogP contribution in [0.3, 0.4) is 0 Å². The number of aryl methyl sites for hydroxylation is 1. The second kappa shape index (κ2) is 5.69. The van der Waals surface area contributed by atoms with Crippen molar-refractivity contribution < 1.29 is 17.9 Å². The molecular formula is C15H17N3O4S. The Morgan fingerprint density at radius 2 is 2.17 bits per heavy atom. The number of ether oxygens (including phenoxy) is 1. The summed E-state index contributed by atoms with van der Waals surface area (Å²) in [5, 5.41) is 4.11. The number of hydrogen-bond donors (Lipinski definition) is 0. The van der Waals surface area contributed by atoms with E-state index in [2.05, 4.69) is 5.10 Å². The number of aromatic nitrogens is 2. The van der Waals surface area contributed by atoms with Gasteiger partial charge in [0.2, 0.25) is 0 Å². The Bertz CT molecular complexity index is 857. The van der Waals surface area contributed by atoms with Gasteiger partial charge in [0.25, 0.3) is 5.91 Å². The molecular weight excluding hydrogens is 318 g/mol. The van der Waals surface area contributed by atoms with Crippen molar-refractivity contribution in [3.8, 4) is 5.75 Å². The summed E-state index contributed by atoms with van der Waals surface area (Å²) in [5.41, 5.74) is 0.929. The van der Waals surface area contributed by atoms with E-state index in [-0.39, 0.29) is 10.8 Å². The van der Waals surface area contributed by atoms with Crippen molar-refractivity contribution in [3.63, 3.8) is 0 Å². The van der Waals surface area contributed by atoms with Crippen molar-refractivity contribution in [2.45, 2.75) is 18.4 Å². The number of nitrogens with zero attached hydrogens (tertiary/aromatic N) is 3. The molecule has 0 unspecified atom stereocenters. The van der Waals surface area contributed by atoms with Crippen molar-refractivity contribution in [1.29, 1.82) is 0 Å². The van der Waals surface area contributed by atoms with Crippen LogP contribution in [0.5, 0.6) is 5.75 Å². The summed E-state index contributed by atoms with van der Waals surface area (Å²) in [7, 11) is -3.36. The van der Waals surface area contributed by atoms with Crippen LogP contribution in [0.25, 0.3) is 0 Å². The maximum Gasteiger partial charge on any atom is 0.261 e. The Balaban J connectivity index is 2.01. The average Bonchev–Trinajstić information content (AvgIpc) is 3.01. The van der Waals surface area contributed by atoms with Gasteiger partial charge in [-0.3, -0.25) is 9.48 Å². The minimum atomic E-state index is -3.36. The molecule has 7 nitrogen and oxygen atoms in total. The van der Waals surface area contributed by atoms with Crippen molar-refractivity contribution >= 4 is 21.4 Å². The summed E-state index contributed by atoms with van der Waals surface area (Å²) < 4.78 is 30.7. The number of benzene rings is 1. The van der Waals surface area contributed by atoms with Crippen LogP contribution in [-0.4, -0.2) is 43.5 Å². The van der Waals surface area contributed by atoms with Gasteiger partial charge in [-0.2, -0.15) is 5.10 Å². The van der Waals surface area contributed by atoms with E-state index in [0.717, 1.165) is 6.26 Å². The lowest BCUT2D eigenvalue weighted by molar-refractivity contribution is 0.0976. The molecule has 1 aliphatic heterocycles. The molecule has 0 atom stereocenters. The van der Waals surface area contributed by atoms with E-state index in [9.17, 15) is 13.2 Å². The Morgan fingerprint density at radius 1 is 1.39 bits per heavy atom. The summed E-state index contributed by atoms with van der Waals surface area (Å²) >= 11 is 0. The predicted octanol–water partition coefficient (Wildman–Crippen LogP) is 1.35. The fourth-order valence-electron chi connectivity index (χ4n) is 2.44. The van der Waals surface area contributed by atoms with E-state index >= 15 is 0 Å².